The molecular weight excluding hydrogens is 615 g/mol. The van der Waals surface area contributed by atoms with E-state index < -0.39 is 0 Å². The standard InChI is InChI=1S/C45H31N3O2/c1-4-13-28(14-5-1)32-19-10-21-35-37-23-12-24-38(42(37)50-40(32)35)36-22-11-20-34-33-26-25-31(27-39(33)49-41(34)36)45-47-43(29-15-6-2-7-16-29)46-44(48-45)30-17-8-3-9-18-30/h1-4,6-13,15-27,33,39H,5,14H2. The van der Waals surface area contributed by atoms with Crippen molar-refractivity contribution in [3.8, 4) is 39.7 Å². The number of ether oxygens (including phenoxy) is 1. The van der Waals surface area contributed by atoms with Crippen LogP contribution in [0.1, 0.15) is 35.7 Å². The lowest BCUT2D eigenvalue weighted by atomic mass is 9.88. The highest BCUT2D eigenvalue weighted by molar-refractivity contribution is 6.12. The van der Waals surface area contributed by atoms with Crippen molar-refractivity contribution in [3.05, 3.63) is 169 Å². The molecule has 0 N–H and O–H groups in total. The molecule has 0 saturated carbocycles. The maximum atomic E-state index is 6.86. The van der Waals surface area contributed by atoms with Crippen LogP contribution in [0.15, 0.2) is 156 Å². The van der Waals surface area contributed by atoms with Gasteiger partial charge in [0.25, 0.3) is 0 Å². The van der Waals surface area contributed by atoms with E-state index in [2.05, 4.69) is 91.1 Å². The summed E-state index contributed by atoms with van der Waals surface area (Å²) in [5.41, 5.74) is 10.3. The molecule has 2 aliphatic carbocycles. The summed E-state index contributed by atoms with van der Waals surface area (Å²) < 4.78 is 13.7. The van der Waals surface area contributed by atoms with E-state index in [1.165, 1.54) is 11.1 Å². The summed E-state index contributed by atoms with van der Waals surface area (Å²) in [4.78, 5) is 14.8. The predicted octanol–water partition coefficient (Wildman–Crippen LogP) is 11.0. The summed E-state index contributed by atoms with van der Waals surface area (Å²) in [5, 5.41) is 2.24. The number of rotatable bonds is 5. The number of allylic oxidation sites excluding steroid dienone is 6. The lowest BCUT2D eigenvalue weighted by molar-refractivity contribution is 0.270. The summed E-state index contributed by atoms with van der Waals surface area (Å²) in [6.07, 6.45) is 14.9. The van der Waals surface area contributed by atoms with E-state index in [0.717, 1.165) is 73.9 Å². The Morgan fingerprint density at radius 1 is 0.600 bits per heavy atom. The fourth-order valence-electron chi connectivity index (χ4n) is 7.54. The van der Waals surface area contributed by atoms with E-state index in [4.69, 9.17) is 24.1 Å². The van der Waals surface area contributed by atoms with Gasteiger partial charge in [-0.15, -0.1) is 0 Å². The first-order chi connectivity index (χ1) is 24.8. The second-order valence-corrected chi connectivity index (χ2v) is 13.0. The van der Waals surface area contributed by atoms with Crippen LogP contribution < -0.4 is 4.74 Å². The Morgan fingerprint density at radius 3 is 1.94 bits per heavy atom. The molecule has 0 bridgehead atoms. The number of para-hydroxylation sites is 3. The van der Waals surface area contributed by atoms with Crippen LogP contribution in [-0.2, 0) is 0 Å². The largest absolute Gasteiger partial charge is 0.484 e. The normalized spacial score (nSPS) is 17.7. The van der Waals surface area contributed by atoms with Crippen molar-refractivity contribution in [3.63, 3.8) is 0 Å². The Hall–Kier alpha value is -6.33. The van der Waals surface area contributed by atoms with Crippen molar-refractivity contribution < 1.29 is 9.15 Å². The molecule has 2 aromatic heterocycles. The number of nitrogens with zero attached hydrogens (tertiary/aromatic N) is 3. The second-order valence-electron chi connectivity index (χ2n) is 13.0. The third-order valence-corrected chi connectivity index (χ3v) is 9.97. The Bertz CT molecular complexity index is 2520. The number of aromatic nitrogens is 3. The van der Waals surface area contributed by atoms with E-state index >= 15 is 0 Å². The zero-order valence-electron chi connectivity index (χ0n) is 27.2. The highest BCUT2D eigenvalue weighted by atomic mass is 16.5. The smallest absolute Gasteiger partial charge is 0.164 e. The van der Waals surface area contributed by atoms with Crippen molar-refractivity contribution >= 4 is 33.1 Å². The number of benzene rings is 5. The topological polar surface area (TPSA) is 61.0 Å². The Labute approximate surface area is 289 Å². The minimum atomic E-state index is -0.198. The van der Waals surface area contributed by atoms with E-state index in [9.17, 15) is 0 Å². The summed E-state index contributed by atoms with van der Waals surface area (Å²) >= 11 is 0. The highest BCUT2D eigenvalue weighted by Gasteiger charge is 2.36. The molecule has 238 valence electrons. The Kier molecular flexibility index (Phi) is 6.69. The van der Waals surface area contributed by atoms with Crippen LogP contribution >= 0.6 is 0 Å². The van der Waals surface area contributed by atoms with Gasteiger partial charge >= 0.3 is 0 Å². The number of hydrogen-bond donors (Lipinski definition) is 0. The van der Waals surface area contributed by atoms with Crippen molar-refractivity contribution in [1.29, 1.82) is 0 Å². The van der Waals surface area contributed by atoms with Crippen LogP contribution in [0.3, 0.4) is 0 Å². The van der Waals surface area contributed by atoms with Gasteiger partial charge in [-0.3, -0.25) is 0 Å². The third-order valence-electron chi connectivity index (χ3n) is 9.97. The van der Waals surface area contributed by atoms with Crippen LogP contribution in [0.2, 0.25) is 0 Å². The summed E-state index contributed by atoms with van der Waals surface area (Å²) in [5.74, 6) is 2.87. The van der Waals surface area contributed by atoms with Crippen molar-refractivity contribution in [2.45, 2.75) is 24.9 Å². The van der Waals surface area contributed by atoms with Gasteiger partial charge in [-0.2, -0.15) is 0 Å². The zero-order valence-corrected chi connectivity index (χ0v) is 27.2. The lowest BCUT2D eigenvalue weighted by Gasteiger charge is -2.18. The van der Waals surface area contributed by atoms with Gasteiger partial charge in [-0.25, -0.2) is 15.0 Å². The lowest BCUT2D eigenvalue weighted by Crippen LogP contribution is -2.18. The van der Waals surface area contributed by atoms with Gasteiger partial charge in [-0.1, -0.05) is 146 Å². The van der Waals surface area contributed by atoms with Crippen LogP contribution in [0, 0.1) is 0 Å². The SMILES string of the molecule is C1=CCCC(c2cccc3c2oc2c(-c4cccc5c4OC4C=C(c6nc(-c7ccccc7)nc(-c7ccccc7)n6)C=CC54)cccc23)=C1. The first-order valence-corrected chi connectivity index (χ1v) is 17.2. The maximum absolute atomic E-state index is 6.86. The van der Waals surface area contributed by atoms with E-state index in [1.807, 2.05) is 60.7 Å². The summed E-state index contributed by atoms with van der Waals surface area (Å²) in [6, 6.07) is 39.5. The molecule has 0 saturated heterocycles. The van der Waals surface area contributed by atoms with E-state index in [-0.39, 0.29) is 12.0 Å². The van der Waals surface area contributed by atoms with Gasteiger partial charge in [0.2, 0.25) is 0 Å². The van der Waals surface area contributed by atoms with E-state index in [0.29, 0.717) is 17.5 Å². The molecule has 0 spiro atoms. The third kappa shape index (κ3) is 4.73. The Balaban J connectivity index is 1.05. The molecule has 0 radical (unpaired) electrons. The number of hydrogen-bond acceptors (Lipinski definition) is 5. The molecule has 1 aliphatic heterocycles. The number of furan rings is 1. The van der Waals surface area contributed by atoms with Gasteiger partial charge < -0.3 is 9.15 Å². The molecule has 3 heterocycles. The van der Waals surface area contributed by atoms with Crippen LogP contribution in [-0.4, -0.2) is 21.1 Å². The molecule has 5 heteroatoms. The maximum Gasteiger partial charge on any atom is 0.164 e. The van der Waals surface area contributed by atoms with Crippen LogP contribution in [0.4, 0.5) is 0 Å². The van der Waals surface area contributed by atoms with Gasteiger partial charge in [-0.05, 0) is 24.5 Å². The average Bonchev–Trinajstić information content (AvgIpc) is 3.77. The van der Waals surface area contributed by atoms with Crippen molar-refractivity contribution in [1.82, 2.24) is 15.0 Å². The van der Waals surface area contributed by atoms with Gasteiger partial charge in [0, 0.05) is 55.6 Å². The Morgan fingerprint density at radius 2 is 1.24 bits per heavy atom. The molecular formula is C45H31N3O2. The molecule has 2 atom stereocenters. The average molecular weight is 646 g/mol. The second kappa shape index (κ2) is 11.7. The minimum absolute atomic E-state index is 0.0745. The van der Waals surface area contributed by atoms with Gasteiger partial charge in [0.05, 0.1) is 0 Å². The minimum Gasteiger partial charge on any atom is -0.484 e. The van der Waals surface area contributed by atoms with Crippen molar-refractivity contribution in [2.75, 3.05) is 0 Å². The molecule has 0 fully saturated rings. The van der Waals surface area contributed by atoms with Gasteiger partial charge in [0.1, 0.15) is 23.0 Å². The highest BCUT2D eigenvalue weighted by Crippen LogP contribution is 2.49. The van der Waals surface area contributed by atoms with Crippen LogP contribution in [0.5, 0.6) is 5.75 Å². The molecule has 3 aliphatic rings. The zero-order chi connectivity index (χ0) is 33.0. The first kappa shape index (κ1) is 28.7. The molecule has 5 nitrogen and oxygen atoms in total. The van der Waals surface area contributed by atoms with Crippen LogP contribution in [0.25, 0.3) is 67.0 Å². The predicted molar refractivity (Wildman–Crippen MR) is 200 cm³/mol. The molecule has 50 heavy (non-hydrogen) atoms. The fourth-order valence-corrected chi connectivity index (χ4v) is 7.54. The summed E-state index contributed by atoms with van der Waals surface area (Å²) in [7, 11) is 0. The first-order valence-electron chi connectivity index (χ1n) is 17.2. The molecule has 5 aromatic carbocycles. The molecule has 0 amide bonds. The summed E-state index contributed by atoms with van der Waals surface area (Å²) in [6.45, 7) is 0. The van der Waals surface area contributed by atoms with E-state index in [1.54, 1.807) is 0 Å². The molecule has 10 rings (SSSR count). The van der Waals surface area contributed by atoms with Crippen molar-refractivity contribution in [2.24, 2.45) is 0 Å². The fraction of sp³-hybridized carbons (Fsp3) is 0.0889. The quantitative estimate of drug-likeness (QED) is 0.186. The molecule has 7 aromatic rings. The molecule has 2 unspecified atom stereocenters. The number of fused-ring (bicyclic) bond motifs is 6. The van der Waals surface area contributed by atoms with Gasteiger partial charge in [0.15, 0.2) is 17.5 Å². The monoisotopic (exact) mass is 645 g/mol.